The fourth-order valence-electron chi connectivity index (χ4n) is 1.57. The second-order valence-corrected chi connectivity index (χ2v) is 3.34. The number of phenols is 1. The van der Waals surface area contributed by atoms with Gasteiger partial charge in [-0.05, 0) is 5.56 Å². The van der Waals surface area contributed by atoms with Crippen LogP contribution >= 0.6 is 0 Å². The molecule has 0 aliphatic carbocycles. The SMILES string of the molecule is OCc1cccc(-c2ccccc2)c1O. The van der Waals surface area contributed by atoms with Gasteiger partial charge in [0.2, 0.25) is 0 Å². The van der Waals surface area contributed by atoms with Gasteiger partial charge in [-0.25, -0.2) is 0 Å². The van der Waals surface area contributed by atoms with Gasteiger partial charge in [-0.1, -0.05) is 48.5 Å². The fraction of sp³-hybridized carbons (Fsp3) is 0.0769. The third-order valence-electron chi connectivity index (χ3n) is 2.37. The maximum atomic E-state index is 9.88. The number of benzene rings is 2. The van der Waals surface area contributed by atoms with E-state index in [2.05, 4.69) is 0 Å². The number of aliphatic hydroxyl groups is 1. The molecule has 0 heterocycles. The zero-order valence-electron chi connectivity index (χ0n) is 8.22. The second-order valence-electron chi connectivity index (χ2n) is 3.34. The topological polar surface area (TPSA) is 40.5 Å². The van der Waals surface area contributed by atoms with E-state index in [1.165, 1.54) is 0 Å². The first-order valence-corrected chi connectivity index (χ1v) is 4.80. The minimum Gasteiger partial charge on any atom is -0.507 e. The smallest absolute Gasteiger partial charge is 0.128 e. The molecule has 0 amide bonds. The van der Waals surface area contributed by atoms with Crippen LogP contribution < -0.4 is 0 Å². The molecule has 0 aromatic heterocycles. The van der Waals surface area contributed by atoms with E-state index in [-0.39, 0.29) is 12.4 Å². The lowest BCUT2D eigenvalue weighted by Crippen LogP contribution is -1.86. The molecule has 0 atom stereocenters. The molecule has 0 bridgehead atoms. The van der Waals surface area contributed by atoms with Crippen LogP contribution in [0.4, 0.5) is 0 Å². The van der Waals surface area contributed by atoms with Crippen molar-refractivity contribution in [3.05, 3.63) is 54.1 Å². The van der Waals surface area contributed by atoms with Crippen LogP contribution in [0.3, 0.4) is 0 Å². The molecule has 0 fully saturated rings. The lowest BCUT2D eigenvalue weighted by molar-refractivity contribution is 0.276. The van der Waals surface area contributed by atoms with E-state index >= 15 is 0 Å². The van der Waals surface area contributed by atoms with E-state index in [4.69, 9.17) is 5.11 Å². The average molecular weight is 200 g/mol. The Hall–Kier alpha value is -1.80. The van der Waals surface area contributed by atoms with Gasteiger partial charge >= 0.3 is 0 Å². The van der Waals surface area contributed by atoms with Gasteiger partial charge in [0.1, 0.15) is 5.75 Å². The van der Waals surface area contributed by atoms with Gasteiger partial charge in [0, 0.05) is 11.1 Å². The number of aliphatic hydroxyl groups excluding tert-OH is 1. The number of hydrogen-bond acceptors (Lipinski definition) is 2. The monoisotopic (exact) mass is 200 g/mol. The van der Waals surface area contributed by atoms with Crippen molar-refractivity contribution in [1.82, 2.24) is 0 Å². The standard InChI is InChI=1S/C13H12O2/c14-9-11-7-4-8-12(13(11)15)10-5-2-1-3-6-10/h1-8,14-15H,9H2. The maximum Gasteiger partial charge on any atom is 0.128 e. The molecule has 2 rings (SSSR count). The summed E-state index contributed by atoms with van der Waals surface area (Å²) >= 11 is 0. The van der Waals surface area contributed by atoms with Crippen LogP contribution in [0.1, 0.15) is 5.56 Å². The summed E-state index contributed by atoms with van der Waals surface area (Å²) in [6, 6.07) is 15.0. The Morgan fingerprint density at radius 1 is 0.867 bits per heavy atom. The van der Waals surface area contributed by atoms with E-state index in [0.717, 1.165) is 11.1 Å². The molecule has 2 N–H and O–H groups in total. The van der Waals surface area contributed by atoms with E-state index in [9.17, 15) is 5.11 Å². The first-order valence-electron chi connectivity index (χ1n) is 4.80. The summed E-state index contributed by atoms with van der Waals surface area (Å²) in [4.78, 5) is 0. The molecule has 0 saturated heterocycles. The Morgan fingerprint density at radius 3 is 2.27 bits per heavy atom. The number of rotatable bonds is 2. The van der Waals surface area contributed by atoms with Gasteiger partial charge in [0.05, 0.1) is 6.61 Å². The van der Waals surface area contributed by atoms with Crippen LogP contribution in [-0.4, -0.2) is 10.2 Å². The minimum absolute atomic E-state index is 0.146. The molecule has 0 unspecified atom stereocenters. The van der Waals surface area contributed by atoms with Gasteiger partial charge in [0.15, 0.2) is 0 Å². The van der Waals surface area contributed by atoms with Crippen LogP contribution in [-0.2, 0) is 6.61 Å². The molecule has 0 saturated carbocycles. The van der Waals surface area contributed by atoms with Crippen LogP contribution in [0.5, 0.6) is 5.75 Å². The van der Waals surface area contributed by atoms with Crippen LogP contribution in [0.2, 0.25) is 0 Å². The predicted molar refractivity (Wildman–Crippen MR) is 59.5 cm³/mol. The highest BCUT2D eigenvalue weighted by atomic mass is 16.3. The van der Waals surface area contributed by atoms with Crippen molar-refractivity contribution >= 4 is 0 Å². The molecule has 0 radical (unpaired) electrons. The number of hydrogen-bond donors (Lipinski definition) is 2. The second kappa shape index (κ2) is 4.15. The first kappa shape index (κ1) is 9.74. The van der Waals surface area contributed by atoms with Crippen LogP contribution in [0, 0.1) is 0 Å². The lowest BCUT2D eigenvalue weighted by atomic mass is 10.0. The van der Waals surface area contributed by atoms with Gasteiger partial charge in [0.25, 0.3) is 0 Å². The molecule has 2 heteroatoms. The molecular formula is C13H12O2. The molecule has 0 spiro atoms. The summed E-state index contributed by atoms with van der Waals surface area (Å²) in [7, 11) is 0. The minimum atomic E-state index is -0.146. The molecule has 15 heavy (non-hydrogen) atoms. The first-order chi connectivity index (χ1) is 7.33. The Kier molecular flexibility index (Phi) is 2.70. The Morgan fingerprint density at radius 2 is 1.60 bits per heavy atom. The highest BCUT2D eigenvalue weighted by Gasteiger charge is 2.06. The van der Waals surface area contributed by atoms with E-state index in [0.29, 0.717) is 5.56 Å². The molecule has 0 aliphatic rings. The van der Waals surface area contributed by atoms with Gasteiger partial charge in [-0.2, -0.15) is 0 Å². The normalized spacial score (nSPS) is 10.2. The van der Waals surface area contributed by atoms with Gasteiger partial charge in [-0.3, -0.25) is 0 Å². The Bertz CT molecular complexity index is 449. The van der Waals surface area contributed by atoms with Crippen LogP contribution in [0.15, 0.2) is 48.5 Å². The van der Waals surface area contributed by atoms with Crippen molar-refractivity contribution in [2.24, 2.45) is 0 Å². The number of para-hydroxylation sites is 1. The van der Waals surface area contributed by atoms with Crippen molar-refractivity contribution in [2.45, 2.75) is 6.61 Å². The van der Waals surface area contributed by atoms with E-state index < -0.39 is 0 Å². The molecule has 2 nitrogen and oxygen atoms in total. The molecule has 0 aliphatic heterocycles. The maximum absolute atomic E-state index is 9.88. The third-order valence-corrected chi connectivity index (χ3v) is 2.37. The van der Waals surface area contributed by atoms with Crippen molar-refractivity contribution in [2.75, 3.05) is 0 Å². The molecule has 76 valence electrons. The zero-order chi connectivity index (χ0) is 10.7. The molecular weight excluding hydrogens is 188 g/mol. The van der Waals surface area contributed by atoms with Crippen molar-refractivity contribution in [3.63, 3.8) is 0 Å². The zero-order valence-corrected chi connectivity index (χ0v) is 8.22. The average Bonchev–Trinajstić information content (AvgIpc) is 2.30. The summed E-state index contributed by atoms with van der Waals surface area (Å²) in [5.74, 6) is 0.159. The third kappa shape index (κ3) is 1.85. The largest absolute Gasteiger partial charge is 0.507 e. The molecule has 2 aromatic carbocycles. The summed E-state index contributed by atoms with van der Waals surface area (Å²) in [6.07, 6.45) is 0. The quantitative estimate of drug-likeness (QED) is 0.782. The van der Waals surface area contributed by atoms with Crippen LogP contribution in [0.25, 0.3) is 11.1 Å². The van der Waals surface area contributed by atoms with Gasteiger partial charge < -0.3 is 10.2 Å². The summed E-state index contributed by atoms with van der Waals surface area (Å²) < 4.78 is 0. The summed E-state index contributed by atoms with van der Waals surface area (Å²) in [5, 5.41) is 18.9. The summed E-state index contributed by atoms with van der Waals surface area (Å²) in [6.45, 7) is -0.146. The van der Waals surface area contributed by atoms with E-state index in [1.54, 1.807) is 6.07 Å². The predicted octanol–water partition coefficient (Wildman–Crippen LogP) is 2.55. The Labute approximate surface area is 88.4 Å². The van der Waals surface area contributed by atoms with Crippen molar-refractivity contribution in [3.8, 4) is 16.9 Å². The number of aromatic hydroxyl groups is 1. The molecule has 2 aromatic rings. The van der Waals surface area contributed by atoms with Crippen molar-refractivity contribution < 1.29 is 10.2 Å². The Balaban J connectivity index is 2.54. The highest BCUT2D eigenvalue weighted by molar-refractivity contribution is 5.71. The van der Waals surface area contributed by atoms with E-state index in [1.807, 2.05) is 42.5 Å². The van der Waals surface area contributed by atoms with Crippen molar-refractivity contribution in [1.29, 1.82) is 0 Å². The highest BCUT2D eigenvalue weighted by Crippen LogP contribution is 2.31. The lowest BCUT2D eigenvalue weighted by Gasteiger charge is -2.07. The van der Waals surface area contributed by atoms with Gasteiger partial charge in [-0.15, -0.1) is 0 Å². The fourth-order valence-corrected chi connectivity index (χ4v) is 1.57. The summed E-state index contributed by atoms with van der Waals surface area (Å²) in [5.41, 5.74) is 2.25.